The molecule has 3 rings (SSSR count). The molecule has 1 fully saturated rings. The van der Waals surface area contributed by atoms with Crippen LogP contribution in [0.5, 0.6) is 11.5 Å². The SMILES string of the molecule is Nc1cc(COC2CCC(F)(F)CC2)cc2c1OCCO2. The zero-order valence-corrected chi connectivity index (χ0v) is 11.7. The predicted octanol–water partition coefficient (Wildman–Crippen LogP) is 3.13. The first-order valence-electron chi connectivity index (χ1n) is 7.21. The van der Waals surface area contributed by atoms with E-state index in [9.17, 15) is 8.78 Å². The fraction of sp³-hybridized carbons (Fsp3) is 0.600. The Morgan fingerprint density at radius 1 is 1.19 bits per heavy atom. The number of nitrogens with two attached hydrogens (primary N) is 1. The van der Waals surface area contributed by atoms with Gasteiger partial charge in [-0.05, 0) is 30.5 Å². The summed E-state index contributed by atoms with van der Waals surface area (Å²) < 4.78 is 42.8. The third-order valence-corrected chi connectivity index (χ3v) is 3.88. The van der Waals surface area contributed by atoms with Crippen LogP contribution in [0.25, 0.3) is 0 Å². The second-order valence-corrected chi connectivity index (χ2v) is 5.58. The molecule has 2 aliphatic rings. The Morgan fingerprint density at radius 2 is 1.90 bits per heavy atom. The van der Waals surface area contributed by atoms with Gasteiger partial charge < -0.3 is 19.9 Å². The van der Waals surface area contributed by atoms with E-state index in [0.717, 1.165) is 5.56 Å². The Kier molecular flexibility index (Phi) is 3.89. The molecule has 0 radical (unpaired) electrons. The Morgan fingerprint density at radius 3 is 2.67 bits per heavy atom. The topological polar surface area (TPSA) is 53.7 Å². The number of alkyl halides is 2. The van der Waals surface area contributed by atoms with Crippen molar-refractivity contribution in [1.82, 2.24) is 0 Å². The molecule has 0 unspecified atom stereocenters. The molecule has 0 saturated heterocycles. The van der Waals surface area contributed by atoms with E-state index >= 15 is 0 Å². The van der Waals surface area contributed by atoms with E-state index < -0.39 is 5.92 Å². The zero-order chi connectivity index (χ0) is 14.9. The van der Waals surface area contributed by atoms with Gasteiger partial charge >= 0.3 is 0 Å². The lowest BCUT2D eigenvalue weighted by Crippen LogP contribution is -2.29. The maximum atomic E-state index is 13.1. The van der Waals surface area contributed by atoms with Crippen molar-refractivity contribution in [2.75, 3.05) is 18.9 Å². The lowest BCUT2D eigenvalue weighted by Gasteiger charge is -2.28. The van der Waals surface area contributed by atoms with Gasteiger partial charge in [0.15, 0.2) is 11.5 Å². The van der Waals surface area contributed by atoms with Crippen LogP contribution in [0.4, 0.5) is 14.5 Å². The number of anilines is 1. The van der Waals surface area contributed by atoms with Crippen LogP contribution in [0.1, 0.15) is 31.2 Å². The molecule has 2 N–H and O–H groups in total. The van der Waals surface area contributed by atoms with E-state index in [1.54, 1.807) is 6.07 Å². The van der Waals surface area contributed by atoms with Crippen molar-refractivity contribution >= 4 is 5.69 Å². The van der Waals surface area contributed by atoms with Gasteiger partial charge in [-0.2, -0.15) is 0 Å². The van der Waals surface area contributed by atoms with Crippen LogP contribution in [0.2, 0.25) is 0 Å². The molecule has 1 aliphatic heterocycles. The summed E-state index contributed by atoms with van der Waals surface area (Å²) in [5, 5.41) is 0. The summed E-state index contributed by atoms with van der Waals surface area (Å²) in [4.78, 5) is 0. The average molecular weight is 299 g/mol. The van der Waals surface area contributed by atoms with Crippen molar-refractivity contribution in [3.05, 3.63) is 17.7 Å². The largest absolute Gasteiger partial charge is 0.486 e. The van der Waals surface area contributed by atoms with Crippen molar-refractivity contribution in [2.45, 2.75) is 44.3 Å². The maximum absolute atomic E-state index is 13.1. The third kappa shape index (κ3) is 3.37. The number of hydrogen-bond donors (Lipinski definition) is 1. The highest BCUT2D eigenvalue weighted by atomic mass is 19.3. The molecule has 6 heteroatoms. The molecule has 0 atom stereocenters. The number of nitrogen functional groups attached to an aromatic ring is 1. The minimum atomic E-state index is -2.53. The first-order chi connectivity index (χ1) is 10.0. The van der Waals surface area contributed by atoms with Crippen LogP contribution in [-0.2, 0) is 11.3 Å². The molecule has 1 heterocycles. The second kappa shape index (κ2) is 5.67. The van der Waals surface area contributed by atoms with Crippen molar-refractivity contribution < 1.29 is 23.0 Å². The molecular formula is C15H19F2NO3. The van der Waals surface area contributed by atoms with Crippen molar-refractivity contribution in [1.29, 1.82) is 0 Å². The quantitative estimate of drug-likeness (QED) is 0.871. The van der Waals surface area contributed by atoms with E-state index in [1.807, 2.05) is 6.07 Å². The van der Waals surface area contributed by atoms with Crippen molar-refractivity contribution in [3.8, 4) is 11.5 Å². The summed E-state index contributed by atoms with van der Waals surface area (Å²) in [6.45, 7) is 1.33. The molecular weight excluding hydrogens is 280 g/mol. The Labute approximate surface area is 122 Å². The highest BCUT2D eigenvalue weighted by Crippen LogP contribution is 2.38. The van der Waals surface area contributed by atoms with E-state index in [0.29, 0.717) is 49.8 Å². The van der Waals surface area contributed by atoms with E-state index in [4.69, 9.17) is 19.9 Å². The summed E-state index contributed by atoms with van der Waals surface area (Å²) >= 11 is 0. The molecule has 21 heavy (non-hydrogen) atoms. The highest BCUT2D eigenvalue weighted by molar-refractivity contribution is 5.62. The smallest absolute Gasteiger partial charge is 0.248 e. The Hall–Kier alpha value is -1.56. The molecule has 0 amide bonds. The molecule has 1 aliphatic carbocycles. The van der Waals surface area contributed by atoms with Crippen LogP contribution in [0.15, 0.2) is 12.1 Å². The van der Waals surface area contributed by atoms with Gasteiger partial charge in [0.05, 0.1) is 18.4 Å². The monoisotopic (exact) mass is 299 g/mol. The molecule has 1 aromatic rings. The first-order valence-corrected chi connectivity index (χ1v) is 7.21. The van der Waals surface area contributed by atoms with Crippen LogP contribution < -0.4 is 15.2 Å². The normalized spacial score (nSPS) is 21.2. The van der Waals surface area contributed by atoms with Gasteiger partial charge in [0.25, 0.3) is 0 Å². The minimum absolute atomic E-state index is 0.0963. The van der Waals surface area contributed by atoms with Gasteiger partial charge in [0, 0.05) is 12.8 Å². The maximum Gasteiger partial charge on any atom is 0.248 e. The lowest BCUT2D eigenvalue weighted by molar-refractivity contribution is -0.0839. The number of rotatable bonds is 3. The molecule has 4 nitrogen and oxygen atoms in total. The Bertz CT molecular complexity index is 512. The summed E-state index contributed by atoms with van der Waals surface area (Å²) in [5.41, 5.74) is 7.31. The fourth-order valence-electron chi connectivity index (χ4n) is 2.72. The van der Waals surface area contributed by atoms with Crippen molar-refractivity contribution in [2.24, 2.45) is 0 Å². The highest BCUT2D eigenvalue weighted by Gasteiger charge is 2.35. The third-order valence-electron chi connectivity index (χ3n) is 3.88. The second-order valence-electron chi connectivity index (χ2n) is 5.58. The van der Waals surface area contributed by atoms with Gasteiger partial charge in [-0.1, -0.05) is 0 Å². The summed E-state index contributed by atoms with van der Waals surface area (Å²) in [6, 6.07) is 3.62. The number of benzene rings is 1. The number of hydrogen-bond acceptors (Lipinski definition) is 4. The van der Waals surface area contributed by atoms with Crippen LogP contribution in [0, 0.1) is 0 Å². The summed E-state index contributed by atoms with van der Waals surface area (Å²) in [6.07, 6.45) is 0.487. The minimum Gasteiger partial charge on any atom is -0.486 e. The van der Waals surface area contributed by atoms with E-state index in [1.165, 1.54) is 0 Å². The molecule has 1 aromatic carbocycles. The van der Waals surface area contributed by atoms with Crippen LogP contribution in [-0.4, -0.2) is 25.2 Å². The first kappa shape index (κ1) is 14.4. The van der Waals surface area contributed by atoms with Crippen LogP contribution in [0.3, 0.4) is 0 Å². The predicted molar refractivity (Wildman–Crippen MR) is 73.8 cm³/mol. The van der Waals surface area contributed by atoms with Gasteiger partial charge in [-0.15, -0.1) is 0 Å². The molecule has 0 aromatic heterocycles. The molecule has 0 bridgehead atoms. The standard InChI is InChI=1S/C15H19F2NO3/c16-15(17)3-1-11(2-4-15)21-9-10-7-12(18)14-13(8-10)19-5-6-20-14/h7-8,11H,1-6,9,18H2. The van der Waals surface area contributed by atoms with Gasteiger partial charge in [-0.25, -0.2) is 8.78 Å². The molecule has 116 valence electrons. The molecule has 1 saturated carbocycles. The lowest BCUT2D eigenvalue weighted by atomic mass is 9.94. The number of halogens is 2. The summed E-state index contributed by atoms with van der Waals surface area (Å²) in [5.74, 6) is -1.33. The average Bonchev–Trinajstić information content (AvgIpc) is 2.46. The van der Waals surface area contributed by atoms with Gasteiger partial charge in [0.2, 0.25) is 5.92 Å². The number of fused-ring (bicyclic) bond motifs is 1. The van der Waals surface area contributed by atoms with Crippen molar-refractivity contribution in [3.63, 3.8) is 0 Å². The van der Waals surface area contributed by atoms with Crippen LogP contribution >= 0.6 is 0 Å². The zero-order valence-electron chi connectivity index (χ0n) is 11.7. The number of ether oxygens (including phenoxy) is 3. The molecule has 0 spiro atoms. The van der Waals surface area contributed by atoms with Gasteiger partial charge in [0.1, 0.15) is 13.2 Å². The van der Waals surface area contributed by atoms with Gasteiger partial charge in [-0.3, -0.25) is 0 Å². The Balaban J connectivity index is 1.60. The summed E-state index contributed by atoms with van der Waals surface area (Å²) in [7, 11) is 0. The van der Waals surface area contributed by atoms with E-state index in [-0.39, 0.29) is 18.9 Å². The fourth-order valence-corrected chi connectivity index (χ4v) is 2.72. The van der Waals surface area contributed by atoms with E-state index in [2.05, 4.69) is 0 Å².